The Balaban J connectivity index is 2.78. The number of ether oxygens (including phenoxy) is 5. The van der Waals surface area contributed by atoms with Crippen molar-refractivity contribution in [2.45, 2.75) is 237 Å². The third-order valence-corrected chi connectivity index (χ3v) is 12.4. The number of carbonyl (C=O) groups excluding carboxylic acids is 3. The molecule has 6 unspecified atom stereocenters. The van der Waals surface area contributed by atoms with Gasteiger partial charge in [-0.15, -0.1) is 0 Å². The second-order valence-electron chi connectivity index (χ2n) is 19.5. The van der Waals surface area contributed by atoms with Crippen molar-refractivity contribution in [1.29, 1.82) is 0 Å². The van der Waals surface area contributed by atoms with Gasteiger partial charge in [0.15, 0.2) is 24.6 Å². The van der Waals surface area contributed by atoms with Gasteiger partial charge in [0.25, 0.3) is 0 Å². The predicted molar refractivity (Wildman–Crippen MR) is 321 cm³/mol. The van der Waals surface area contributed by atoms with Crippen molar-refractivity contribution in [3.05, 3.63) is 146 Å². The van der Waals surface area contributed by atoms with Crippen LogP contribution in [0.15, 0.2) is 146 Å². The van der Waals surface area contributed by atoms with E-state index < -0.39 is 67.3 Å². The normalized spacial score (nSPS) is 18.9. The Morgan fingerprint density at radius 2 is 0.835 bits per heavy atom. The molecule has 0 aliphatic carbocycles. The Morgan fingerprint density at radius 1 is 0.443 bits per heavy atom. The van der Waals surface area contributed by atoms with E-state index in [0.717, 1.165) is 109 Å². The van der Waals surface area contributed by atoms with Crippen LogP contribution in [0.25, 0.3) is 0 Å². The summed E-state index contributed by atoms with van der Waals surface area (Å²) in [5, 5.41) is 31.5. The number of carboxylic acid groups (broad SMARTS) is 1. The monoisotopic (exact) mass is 1100 g/mol. The average molecular weight is 1100 g/mol. The SMILES string of the molecule is CC/C=C\C/C=C\C/C=C\C/C=C\C/C=C\CC(=O)OC(COC(=O)CCCCCCCC/C=C\C/C=C\C/C=C\CCCCC)COC1OC(C(=O)O)C(O)C(O)C1OC(=O)CCCC/C=C\C/C=C\C/C=C\C/C=C\CC. The molecule has 79 heavy (non-hydrogen) atoms. The van der Waals surface area contributed by atoms with Crippen LogP contribution in [-0.4, -0.2) is 89.2 Å². The van der Waals surface area contributed by atoms with Crippen LogP contribution in [0, 0.1) is 0 Å². The molecule has 0 spiro atoms. The lowest BCUT2D eigenvalue weighted by atomic mass is 9.98. The fourth-order valence-electron chi connectivity index (χ4n) is 7.91. The number of carboxylic acids is 1. The first-order valence-corrected chi connectivity index (χ1v) is 29.8. The minimum absolute atomic E-state index is 0.0122. The second kappa shape index (κ2) is 53.3. The Labute approximate surface area is 476 Å². The largest absolute Gasteiger partial charge is 0.479 e. The molecular formula is C67H102O12. The highest BCUT2D eigenvalue weighted by atomic mass is 16.7. The second-order valence-corrected chi connectivity index (χ2v) is 19.5. The highest BCUT2D eigenvalue weighted by Gasteiger charge is 2.50. The molecule has 3 N–H and O–H groups in total. The van der Waals surface area contributed by atoms with Crippen LogP contribution in [0.5, 0.6) is 0 Å². The number of unbranched alkanes of at least 4 members (excludes halogenated alkanes) is 11. The predicted octanol–water partition coefficient (Wildman–Crippen LogP) is 15.6. The van der Waals surface area contributed by atoms with Crippen molar-refractivity contribution in [1.82, 2.24) is 0 Å². The molecule has 1 aliphatic heterocycles. The lowest BCUT2D eigenvalue weighted by Crippen LogP contribution is -2.61. The molecule has 6 atom stereocenters. The minimum Gasteiger partial charge on any atom is -0.479 e. The highest BCUT2D eigenvalue weighted by Crippen LogP contribution is 2.26. The number of aliphatic hydroxyl groups excluding tert-OH is 2. The van der Waals surface area contributed by atoms with Crippen LogP contribution in [-0.2, 0) is 42.9 Å². The summed E-state index contributed by atoms with van der Waals surface area (Å²) in [6.45, 7) is 5.60. The van der Waals surface area contributed by atoms with E-state index in [0.29, 0.717) is 25.7 Å². The van der Waals surface area contributed by atoms with Crippen molar-refractivity contribution in [3.63, 3.8) is 0 Å². The van der Waals surface area contributed by atoms with Gasteiger partial charge in [-0.1, -0.05) is 205 Å². The first-order valence-electron chi connectivity index (χ1n) is 29.8. The Morgan fingerprint density at radius 3 is 1.30 bits per heavy atom. The van der Waals surface area contributed by atoms with Gasteiger partial charge in [-0.05, 0) is 122 Å². The zero-order chi connectivity index (χ0) is 57.5. The Kier molecular flexibility index (Phi) is 48.3. The number of hydrogen-bond donors (Lipinski definition) is 3. The Hall–Kier alpha value is -5.40. The molecule has 0 aromatic carbocycles. The molecule has 0 amide bonds. The summed E-state index contributed by atoms with van der Waals surface area (Å²) in [6, 6.07) is 0. The van der Waals surface area contributed by atoms with E-state index in [1.54, 1.807) is 6.08 Å². The van der Waals surface area contributed by atoms with Gasteiger partial charge in [-0.2, -0.15) is 0 Å². The molecule has 12 nitrogen and oxygen atoms in total. The number of carbonyl (C=O) groups is 4. The molecule has 1 heterocycles. The van der Waals surface area contributed by atoms with Crippen molar-refractivity contribution in [2.75, 3.05) is 13.2 Å². The summed E-state index contributed by atoms with van der Waals surface area (Å²) < 4.78 is 28.2. The minimum atomic E-state index is -1.94. The highest BCUT2D eigenvalue weighted by molar-refractivity contribution is 5.74. The maximum Gasteiger partial charge on any atom is 0.335 e. The van der Waals surface area contributed by atoms with E-state index >= 15 is 0 Å². The van der Waals surface area contributed by atoms with Crippen molar-refractivity contribution < 1.29 is 58.2 Å². The van der Waals surface area contributed by atoms with Gasteiger partial charge in [0.05, 0.1) is 13.0 Å². The average Bonchev–Trinajstić information content (AvgIpc) is 3.46. The van der Waals surface area contributed by atoms with E-state index in [4.69, 9.17) is 23.7 Å². The molecule has 0 bridgehead atoms. The van der Waals surface area contributed by atoms with Crippen molar-refractivity contribution in [2.24, 2.45) is 0 Å². The molecule has 442 valence electrons. The molecule has 1 rings (SSSR count). The molecule has 0 aromatic rings. The number of allylic oxidation sites excluding steroid dienone is 23. The molecule has 12 heteroatoms. The van der Waals surface area contributed by atoms with Crippen LogP contribution >= 0.6 is 0 Å². The zero-order valence-electron chi connectivity index (χ0n) is 48.5. The molecule has 0 aromatic heterocycles. The maximum absolute atomic E-state index is 13.1. The van der Waals surface area contributed by atoms with Gasteiger partial charge in [0, 0.05) is 12.8 Å². The smallest absolute Gasteiger partial charge is 0.335 e. The summed E-state index contributed by atoms with van der Waals surface area (Å²) in [7, 11) is 0. The van der Waals surface area contributed by atoms with E-state index in [1.165, 1.54) is 25.7 Å². The summed E-state index contributed by atoms with van der Waals surface area (Å²) in [6.07, 6.45) is 64.2. The quantitative estimate of drug-likeness (QED) is 0.0228. The number of aliphatic hydroxyl groups is 2. The molecule has 1 aliphatic rings. The summed E-state index contributed by atoms with van der Waals surface area (Å²) in [5.41, 5.74) is 0. The van der Waals surface area contributed by atoms with Gasteiger partial charge < -0.3 is 39.0 Å². The fourth-order valence-corrected chi connectivity index (χ4v) is 7.91. The van der Waals surface area contributed by atoms with Crippen LogP contribution in [0.3, 0.4) is 0 Å². The number of esters is 3. The van der Waals surface area contributed by atoms with Crippen molar-refractivity contribution in [3.8, 4) is 0 Å². The van der Waals surface area contributed by atoms with E-state index in [9.17, 15) is 34.5 Å². The topological polar surface area (TPSA) is 175 Å². The summed E-state index contributed by atoms with van der Waals surface area (Å²) in [5.74, 6) is -3.39. The first-order chi connectivity index (χ1) is 38.6. The number of rotatable bonds is 48. The summed E-state index contributed by atoms with van der Waals surface area (Å²) >= 11 is 0. The third kappa shape index (κ3) is 43.1. The molecule has 1 fully saturated rings. The number of hydrogen-bond acceptors (Lipinski definition) is 11. The third-order valence-electron chi connectivity index (χ3n) is 12.4. The standard InChI is InChI=1S/C67H102O12/c1-4-7-10-13-16-19-22-25-28-29-30-31-34-35-38-41-44-47-50-53-59(68)75-56-58(77-60(69)54-51-48-45-42-39-36-32-26-23-20-17-14-11-8-5-2)57-76-67-65(63(72)62(71)64(79-67)66(73)74)78-61(70)55-52-49-46-43-40-37-33-27-24-21-18-15-12-9-6-3/h8-9,11-12,16-21,25-28,30-33,39-40,42-43,48,51,58,62-65,67,71-72H,4-7,10,13-15,22-24,29,34-38,41,44-47,49-50,52-57H2,1-3H3,(H,73,74)/b11-8-,12-9-,19-16-,20-17-,21-18-,28-25-,31-30-,32-26-,33-27-,42-39-,43-40-,51-48-. The van der Waals surface area contributed by atoms with Gasteiger partial charge in [-0.25, -0.2) is 4.79 Å². The zero-order valence-corrected chi connectivity index (χ0v) is 48.5. The molecule has 0 radical (unpaired) electrons. The lowest BCUT2D eigenvalue weighted by molar-refractivity contribution is -0.301. The van der Waals surface area contributed by atoms with Crippen LogP contribution in [0.2, 0.25) is 0 Å². The van der Waals surface area contributed by atoms with Gasteiger partial charge in [-0.3, -0.25) is 14.4 Å². The van der Waals surface area contributed by atoms with Gasteiger partial charge in [0.1, 0.15) is 18.8 Å². The van der Waals surface area contributed by atoms with E-state index in [1.807, 2.05) is 18.2 Å². The molecular weight excluding hydrogens is 997 g/mol. The van der Waals surface area contributed by atoms with E-state index in [2.05, 4.69) is 142 Å². The first kappa shape index (κ1) is 71.6. The van der Waals surface area contributed by atoms with Gasteiger partial charge in [0.2, 0.25) is 0 Å². The lowest BCUT2D eigenvalue weighted by Gasteiger charge is -2.40. The maximum atomic E-state index is 13.1. The Bertz CT molecular complexity index is 1930. The number of aliphatic carboxylic acids is 1. The summed E-state index contributed by atoms with van der Waals surface area (Å²) in [4.78, 5) is 51.1. The molecule has 0 saturated carbocycles. The van der Waals surface area contributed by atoms with Gasteiger partial charge >= 0.3 is 23.9 Å². The van der Waals surface area contributed by atoms with Crippen LogP contribution < -0.4 is 0 Å². The molecule has 1 saturated heterocycles. The fraction of sp³-hybridized carbons (Fsp3) is 0.582. The van der Waals surface area contributed by atoms with Crippen LogP contribution in [0.1, 0.15) is 201 Å². The van der Waals surface area contributed by atoms with Crippen LogP contribution in [0.4, 0.5) is 0 Å². The van der Waals surface area contributed by atoms with E-state index in [-0.39, 0.29) is 25.9 Å². The van der Waals surface area contributed by atoms with Crippen molar-refractivity contribution >= 4 is 23.9 Å².